The van der Waals surface area contributed by atoms with Crippen molar-refractivity contribution in [2.45, 2.75) is 5.54 Å². The molecule has 0 bridgehead atoms. The van der Waals surface area contributed by atoms with Crippen molar-refractivity contribution in [3.8, 4) is 11.1 Å². The van der Waals surface area contributed by atoms with Gasteiger partial charge in [0.2, 0.25) is 5.91 Å². The number of nitrogen functional groups attached to an aromatic ring is 2. The zero-order valence-electron chi connectivity index (χ0n) is 18.2. The first-order chi connectivity index (χ1) is 16.2. The van der Waals surface area contributed by atoms with E-state index in [4.69, 9.17) is 16.9 Å². The molecule has 2 unspecified atom stereocenters. The third-order valence-electron chi connectivity index (χ3n) is 6.43. The Kier molecular flexibility index (Phi) is 5.01. The maximum Gasteiger partial charge on any atom is 0.255 e. The molecule has 2 fully saturated rings. The minimum absolute atomic E-state index is 0.0364. The number of fused-ring (bicyclic) bond motifs is 1. The largest absolute Gasteiger partial charge is 0.396 e. The number of nitrogens with zero attached hydrogens (tertiary/aromatic N) is 3. The van der Waals surface area contributed by atoms with Gasteiger partial charge in [-0.1, -0.05) is 6.07 Å². The summed E-state index contributed by atoms with van der Waals surface area (Å²) in [5.41, 5.74) is 12.4. The number of anilines is 2. The van der Waals surface area contributed by atoms with Gasteiger partial charge in [-0.15, -0.1) is 11.3 Å². The number of aromatic nitrogens is 1. The molecule has 0 saturated carbocycles. The average molecular weight is 480 g/mol. The molecule has 5 rings (SSSR count). The van der Waals surface area contributed by atoms with Gasteiger partial charge in [-0.3, -0.25) is 19.9 Å². The number of hydrogen-bond donors (Lipinski definition) is 4. The predicted molar refractivity (Wildman–Crippen MR) is 127 cm³/mol. The second kappa shape index (κ2) is 7.80. The first-order valence-electron chi connectivity index (χ1n) is 10.5. The summed E-state index contributed by atoms with van der Waals surface area (Å²) >= 11 is 1.41. The molecular weight excluding hydrogens is 457 g/mol. The lowest BCUT2D eigenvalue weighted by Gasteiger charge is -2.42. The van der Waals surface area contributed by atoms with E-state index in [0.717, 1.165) is 16.0 Å². The van der Waals surface area contributed by atoms with Crippen LogP contribution in [0.1, 0.15) is 15.2 Å². The lowest BCUT2D eigenvalue weighted by molar-refractivity contribution is -0.134. The molecule has 2 aliphatic rings. The van der Waals surface area contributed by atoms with Gasteiger partial charge in [0.15, 0.2) is 5.96 Å². The van der Waals surface area contributed by atoms with Gasteiger partial charge in [0.1, 0.15) is 17.2 Å². The van der Waals surface area contributed by atoms with Crippen molar-refractivity contribution in [3.05, 3.63) is 64.2 Å². The first-order valence-corrected chi connectivity index (χ1v) is 11.4. The lowest BCUT2D eigenvalue weighted by atomic mass is 9.82. The highest BCUT2D eigenvalue weighted by Crippen LogP contribution is 2.44. The maximum atomic E-state index is 13.6. The zero-order valence-corrected chi connectivity index (χ0v) is 19.0. The highest BCUT2D eigenvalue weighted by molar-refractivity contribution is 7.10. The Bertz CT molecular complexity index is 1330. The lowest BCUT2D eigenvalue weighted by Crippen LogP contribution is -2.64. The molecule has 2 amide bonds. The molecule has 1 aromatic carbocycles. The first kappa shape index (κ1) is 21.8. The highest BCUT2D eigenvalue weighted by atomic mass is 32.1. The number of thiophene rings is 1. The Morgan fingerprint density at radius 1 is 1.26 bits per heavy atom. The van der Waals surface area contributed by atoms with E-state index in [-0.39, 0.29) is 36.6 Å². The van der Waals surface area contributed by atoms with Crippen LogP contribution in [0.4, 0.5) is 15.9 Å². The third kappa shape index (κ3) is 3.36. The number of likely N-dealkylation sites (tertiary alicyclic amines) is 1. The molecule has 2 atom stereocenters. The van der Waals surface area contributed by atoms with Gasteiger partial charge in [-0.2, -0.15) is 0 Å². The molecular formula is C23H22FN7O2S. The van der Waals surface area contributed by atoms with Gasteiger partial charge in [-0.25, -0.2) is 9.37 Å². The van der Waals surface area contributed by atoms with Crippen molar-refractivity contribution in [2.75, 3.05) is 31.6 Å². The number of rotatable bonds is 3. The van der Waals surface area contributed by atoms with Crippen LogP contribution in [0.5, 0.6) is 0 Å². The number of guanidine groups is 1. The van der Waals surface area contributed by atoms with Gasteiger partial charge >= 0.3 is 0 Å². The van der Waals surface area contributed by atoms with E-state index in [1.807, 2.05) is 11.4 Å². The molecule has 34 heavy (non-hydrogen) atoms. The Morgan fingerprint density at radius 2 is 2.06 bits per heavy atom. The van der Waals surface area contributed by atoms with E-state index >= 15 is 0 Å². The number of carbonyl (C=O) groups excluding carboxylic acids is 2. The van der Waals surface area contributed by atoms with Crippen LogP contribution in [0.3, 0.4) is 0 Å². The predicted octanol–water partition coefficient (Wildman–Crippen LogP) is 2.08. The molecule has 9 nitrogen and oxygen atoms in total. The van der Waals surface area contributed by atoms with E-state index in [2.05, 4.69) is 10.3 Å². The summed E-state index contributed by atoms with van der Waals surface area (Å²) < 4.78 is 13.6. The maximum absolute atomic E-state index is 13.6. The zero-order chi connectivity index (χ0) is 24.2. The molecule has 3 aromatic rings. The number of pyridine rings is 1. The molecule has 0 radical (unpaired) electrons. The Balaban J connectivity index is 1.54. The third-order valence-corrected chi connectivity index (χ3v) is 7.54. The van der Waals surface area contributed by atoms with Gasteiger partial charge in [0.05, 0.1) is 17.2 Å². The van der Waals surface area contributed by atoms with Crippen LogP contribution in [-0.4, -0.2) is 52.7 Å². The van der Waals surface area contributed by atoms with Gasteiger partial charge < -0.3 is 21.7 Å². The number of amides is 2. The van der Waals surface area contributed by atoms with E-state index in [1.54, 1.807) is 29.2 Å². The molecule has 6 N–H and O–H groups in total. The average Bonchev–Trinajstić information content (AvgIpc) is 3.46. The summed E-state index contributed by atoms with van der Waals surface area (Å²) in [6.45, 7) is 0.373. The summed E-state index contributed by atoms with van der Waals surface area (Å²) in [5, 5.41) is 13.5. The number of hydrogen-bond acceptors (Lipinski definition) is 7. The number of nitrogens with one attached hydrogen (secondary N) is 2. The fourth-order valence-corrected chi connectivity index (χ4v) is 5.65. The number of nitrogens with two attached hydrogens (primary N) is 2. The second-order valence-electron chi connectivity index (χ2n) is 8.49. The molecule has 0 spiro atoms. The second-order valence-corrected chi connectivity index (χ2v) is 9.40. The summed E-state index contributed by atoms with van der Waals surface area (Å²) in [6.07, 6.45) is 1.41. The van der Waals surface area contributed by atoms with Gasteiger partial charge in [0.25, 0.3) is 5.91 Å². The number of carbonyl (C=O) groups is 2. The standard InChI is InChI=1S/C23H22FN7O2S/c1-30-21(33)15-9-31(20(32)13-3-5-19(26)28-8-13)11-23(15,29-22(30)27)18-7-14(10-34-18)12-2-4-16(24)17(25)6-12/h2-8,10,15H,9,11,25H2,1H3,(H2,26,28)(H2,27,29). The number of halogens is 1. The van der Waals surface area contributed by atoms with Crippen molar-refractivity contribution >= 4 is 40.6 Å². The Hall–Kier alpha value is -3.99. The minimum Gasteiger partial charge on any atom is -0.396 e. The smallest absolute Gasteiger partial charge is 0.255 e. The molecule has 2 saturated heterocycles. The summed E-state index contributed by atoms with van der Waals surface area (Å²) in [6, 6.07) is 9.57. The van der Waals surface area contributed by atoms with Crippen LogP contribution < -0.4 is 16.8 Å². The molecule has 2 aromatic heterocycles. The van der Waals surface area contributed by atoms with E-state index in [1.165, 1.54) is 35.5 Å². The van der Waals surface area contributed by atoms with Gasteiger partial charge in [-0.05, 0) is 46.8 Å². The normalized spacial score (nSPS) is 22.0. The molecule has 174 valence electrons. The van der Waals surface area contributed by atoms with Crippen molar-refractivity contribution in [1.29, 1.82) is 5.41 Å². The van der Waals surface area contributed by atoms with E-state index < -0.39 is 17.3 Å². The van der Waals surface area contributed by atoms with Crippen molar-refractivity contribution in [3.63, 3.8) is 0 Å². The van der Waals surface area contributed by atoms with Crippen LogP contribution in [0.15, 0.2) is 48.0 Å². The highest BCUT2D eigenvalue weighted by Gasteiger charge is 2.57. The summed E-state index contributed by atoms with van der Waals surface area (Å²) in [4.78, 5) is 34.1. The Labute approximate surface area is 198 Å². The van der Waals surface area contributed by atoms with Crippen molar-refractivity contribution < 1.29 is 14.0 Å². The van der Waals surface area contributed by atoms with Crippen LogP contribution in [0.2, 0.25) is 0 Å². The monoisotopic (exact) mass is 479 g/mol. The molecule has 11 heteroatoms. The topological polar surface area (TPSA) is 141 Å². The number of benzene rings is 1. The van der Waals surface area contributed by atoms with E-state index in [9.17, 15) is 14.0 Å². The van der Waals surface area contributed by atoms with Crippen molar-refractivity contribution in [2.24, 2.45) is 5.92 Å². The molecule has 0 aliphatic carbocycles. The molecule has 4 heterocycles. The van der Waals surface area contributed by atoms with Crippen LogP contribution in [0, 0.1) is 17.1 Å². The molecule has 2 aliphatic heterocycles. The fourth-order valence-electron chi connectivity index (χ4n) is 4.53. The van der Waals surface area contributed by atoms with Gasteiger partial charge in [0, 0.05) is 31.2 Å². The van der Waals surface area contributed by atoms with E-state index in [0.29, 0.717) is 11.4 Å². The van der Waals surface area contributed by atoms with Crippen LogP contribution in [-0.2, 0) is 10.3 Å². The summed E-state index contributed by atoms with van der Waals surface area (Å²) in [5.74, 6) is -1.32. The Morgan fingerprint density at radius 3 is 2.76 bits per heavy atom. The fraction of sp³-hybridized carbons (Fsp3) is 0.217. The quantitative estimate of drug-likeness (QED) is 0.424. The van der Waals surface area contributed by atoms with Crippen LogP contribution >= 0.6 is 11.3 Å². The summed E-state index contributed by atoms with van der Waals surface area (Å²) in [7, 11) is 1.54. The van der Waals surface area contributed by atoms with Crippen LogP contribution in [0.25, 0.3) is 11.1 Å². The SMILES string of the molecule is CN1C(=N)NC2(c3cc(-c4ccc(F)c(N)c4)cs3)CN(C(=O)c3ccc(N)nc3)CC2C1=O. The van der Waals surface area contributed by atoms with Crippen molar-refractivity contribution in [1.82, 2.24) is 20.1 Å². The minimum atomic E-state index is -0.966.